The lowest BCUT2D eigenvalue weighted by atomic mass is 10.3. The number of hydrogen-bond acceptors (Lipinski definition) is 4. The fraction of sp³-hybridized carbons (Fsp3) is 0.667. The molecule has 2 rings (SSSR count). The lowest BCUT2D eigenvalue weighted by Gasteiger charge is -2.23. The topological polar surface area (TPSA) is 41.1 Å². The van der Waals surface area contributed by atoms with Crippen molar-refractivity contribution >= 4 is 23.4 Å². The summed E-state index contributed by atoms with van der Waals surface area (Å²) in [6.07, 6.45) is 4.34. The van der Waals surface area contributed by atoms with E-state index >= 15 is 0 Å². The van der Waals surface area contributed by atoms with Crippen LogP contribution in [0, 0.1) is 5.92 Å². The maximum atomic E-state index is 6.18. The quantitative estimate of drug-likeness (QED) is 0.848. The van der Waals surface area contributed by atoms with Crippen LogP contribution in [0.25, 0.3) is 0 Å². The molecule has 1 aromatic heterocycles. The van der Waals surface area contributed by atoms with Crippen LogP contribution < -0.4 is 10.2 Å². The van der Waals surface area contributed by atoms with Gasteiger partial charge in [-0.15, -0.1) is 0 Å². The third-order valence-electron chi connectivity index (χ3n) is 2.92. The van der Waals surface area contributed by atoms with Crippen LogP contribution in [0.5, 0.6) is 0 Å². The summed E-state index contributed by atoms with van der Waals surface area (Å²) in [6, 6.07) is 0. The van der Waals surface area contributed by atoms with Crippen molar-refractivity contribution < 1.29 is 0 Å². The Morgan fingerprint density at radius 2 is 2.24 bits per heavy atom. The molecule has 1 aliphatic carbocycles. The predicted octanol–water partition coefficient (Wildman–Crippen LogP) is 2.80. The van der Waals surface area contributed by atoms with E-state index in [0.29, 0.717) is 11.0 Å². The van der Waals surface area contributed by atoms with Gasteiger partial charge in [0.2, 0.25) is 5.95 Å². The van der Waals surface area contributed by atoms with Crippen molar-refractivity contribution in [1.82, 2.24) is 9.97 Å². The molecule has 0 spiro atoms. The van der Waals surface area contributed by atoms with E-state index in [1.807, 2.05) is 6.92 Å². The molecule has 94 valence electrons. The van der Waals surface area contributed by atoms with Gasteiger partial charge in [-0.25, -0.2) is 4.98 Å². The van der Waals surface area contributed by atoms with E-state index in [2.05, 4.69) is 27.1 Å². The molecule has 17 heavy (non-hydrogen) atoms. The van der Waals surface area contributed by atoms with Gasteiger partial charge in [0, 0.05) is 19.6 Å². The van der Waals surface area contributed by atoms with Crippen LogP contribution in [-0.2, 0) is 0 Å². The zero-order valence-corrected chi connectivity index (χ0v) is 11.2. The molecule has 0 amide bonds. The van der Waals surface area contributed by atoms with Crippen molar-refractivity contribution in [3.05, 3.63) is 11.2 Å². The van der Waals surface area contributed by atoms with Gasteiger partial charge in [0.1, 0.15) is 5.02 Å². The summed E-state index contributed by atoms with van der Waals surface area (Å²) in [4.78, 5) is 10.9. The summed E-state index contributed by atoms with van der Waals surface area (Å²) in [7, 11) is 0. The van der Waals surface area contributed by atoms with Crippen molar-refractivity contribution in [2.75, 3.05) is 29.9 Å². The van der Waals surface area contributed by atoms with Gasteiger partial charge in [0.15, 0.2) is 5.82 Å². The van der Waals surface area contributed by atoms with E-state index in [4.69, 9.17) is 11.6 Å². The number of nitrogens with zero attached hydrogens (tertiary/aromatic N) is 3. The number of nitrogens with one attached hydrogen (secondary N) is 1. The molecule has 0 atom stereocenters. The van der Waals surface area contributed by atoms with Crippen molar-refractivity contribution in [2.45, 2.75) is 26.7 Å². The summed E-state index contributed by atoms with van der Waals surface area (Å²) >= 11 is 6.18. The van der Waals surface area contributed by atoms with Gasteiger partial charge in [0.25, 0.3) is 0 Å². The number of rotatable bonds is 6. The van der Waals surface area contributed by atoms with E-state index < -0.39 is 0 Å². The zero-order chi connectivity index (χ0) is 12.3. The molecule has 0 unspecified atom stereocenters. The summed E-state index contributed by atoms with van der Waals surface area (Å²) in [5.74, 6) is 2.33. The molecule has 1 fully saturated rings. The Morgan fingerprint density at radius 1 is 1.47 bits per heavy atom. The Morgan fingerprint density at radius 3 is 2.82 bits per heavy atom. The van der Waals surface area contributed by atoms with Crippen molar-refractivity contribution in [3.63, 3.8) is 0 Å². The average molecular weight is 255 g/mol. The fourth-order valence-corrected chi connectivity index (χ4v) is 2.01. The lowest BCUT2D eigenvalue weighted by Crippen LogP contribution is -2.27. The number of aromatic nitrogens is 2. The molecule has 0 aromatic carbocycles. The van der Waals surface area contributed by atoms with E-state index in [1.165, 1.54) is 12.8 Å². The maximum absolute atomic E-state index is 6.18. The van der Waals surface area contributed by atoms with Gasteiger partial charge in [-0.1, -0.05) is 11.6 Å². The summed E-state index contributed by atoms with van der Waals surface area (Å²) in [5.41, 5.74) is 0. The van der Waals surface area contributed by atoms with Crippen LogP contribution in [0.3, 0.4) is 0 Å². The van der Waals surface area contributed by atoms with E-state index in [-0.39, 0.29) is 0 Å². The monoisotopic (exact) mass is 254 g/mol. The molecule has 1 heterocycles. The lowest BCUT2D eigenvalue weighted by molar-refractivity contribution is 0.731. The minimum absolute atomic E-state index is 0.633. The van der Waals surface area contributed by atoms with Gasteiger partial charge in [0.05, 0.1) is 6.20 Å². The summed E-state index contributed by atoms with van der Waals surface area (Å²) in [6.45, 7) is 6.96. The van der Waals surface area contributed by atoms with Crippen molar-refractivity contribution in [3.8, 4) is 0 Å². The third-order valence-corrected chi connectivity index (χ3v) is 3.18. The minimum atomic E-state index is 0.633. The van der Waals surface area contributed by atoms with E-state index in [1.54, 1.807) is 6.20 Å². The van der Waals surface area contributed by atoms with E-state index in [0.717, 1.165) is 31.4 Å². The number of anilines is 2. The summed E-state index contributed by atoms with van der Waals surface area (Å²) in [5, 5.41) is 3.75. The normalized spacial score (nSPS) is 14.8. The highest BCUT2D eigenvalue weighted by Crippen LogP contribution is 2.32. The first-order valence-electron chi connectivity index (χ1n) is 6.26. The number of hydrogen-bond donors (Lipinski definition) is 1. The highest BCUT2D eigenvalue weighted by molar-refractivity contribution is 6.32. The first-order chi connectivity index (χ1) is 8.24. The Balaban J connectivity index is 2.17. The molecule has 5 heteroatoms. The van der Waals surface area contributed by atoms with Crippen LogP contribution in [-0.4, -0.2) is 29.6 Å². The Hall–Kier alpha value is -1.03. The molecule has 1 aliphatic rings. The fourth-order valence-electron chi connectivity index (χ4n) is 1.80. The van der Waals surface area contributed by atoms with E-state index in [9.17, 15) is 0 Å². The zero-order valence-electron chi connectivity index (χ0n) is 10.4. The highest BCUT2D eigenvalue weighted by Gasteiger charge is 2.25. The Kier molecular flexibility index (Phi) is 4.05. The molecule has 0 aliphatic heterocycles. The Labute approximate surface area is 107 Å². The van der Waals surface area contributed by atoms with Crippen LogP contribution in [0.1, 0.15) is 26.7 Å². The molecule has 1 N–H and O–H groups in total. The van der Waals surface area contributed by atoms with Gasteiger partial charge < -0.3 is 10.2 Å². The standard InChI is InChI=1S/C12H19ClN4/c1-3-14-12-15-7-10(13)11(16-12)17(4-2)8-9-5-6-9/h7,9H,3-6,8H2,1-2H3,(H,14,15,16). The average Bonchev–Trinajstić information content (AvgIpc) is 3.13. The highest BCUT2D eigenvalue weighted by atomic mass is 35.5. The first kappa shape index (κ1) is 12.4. The SMILES string of the molecule is CCNc1ncc(Cl)c(N(CC)CC2CC2)n1. The van der Waals surface area contributed by atoms with Crippen LogP contribution in [0.2, 0.25) is 5.02 Å². The molecule has 1 aromatic rings. The second kappa shape index (κ2) is 5.54. The molecule has 0 bridgehead atoms. The van der Waals surface area contributed by atoms with Crippen LogP contribution in [0.15, 0.2) is 6.20 Å². The van der Waals surface area contributed by atoms with Gasteiger partial charge >= 0.3 is 0 Å². The number of halogens is 1. The van der Waals surface area contributed by atoms with Gasteiger partial charge in [-0.05, 0) is 32.6 Å². The largest absolute Gasteiger partial charge is 0.355 e. The molecule has 4 nitrogen and oxygen atoms in total. The van der Waals surface area contributed by atoms with Crippen molar-refractivity contribution in [2.24, 2.45) is 5.92 Å². The first-order valence-corrected chi connectivity index (χ1v) is 6.63. The van der Waals surface area contributed by atoms with Gasteiger partial charge in [-0.3, -0.25) is 0 Å². The van der Waals surface area contributed by atoms with Crippen LogP contribution in [0.4, 0.5) is 11.8 Å². The molecular formula is C12H19ClN4. The summed E-state index contributed by atoms with van der Waals surface area (Å²) < 4.78 is 0. The molecule has 1 saturated carbocycles. The molecule has 0 saturated heterocycles. The molecule has 0 radical (unpaired) electrons. The second-order valence-electron chi connectivity index (χ2n) is 4.38. The molecular weight excluding hydrogens is 236 g/mol. The maximum Gasteiger partial charge on any atom is 0.224 e. The Bertz CT molecular complexity index is 379. The minimum Gasteiger partial charge on any atom is -0.355 e. The third kappa shape index (κ3) is 3.22. The predicted molar refractivity (Wildman–Crippen MR) is 71.8 cm³/mol. The smallest absolute Gasteiger partial charge is 0.224 e. The van der Waals surface area contributed by atoms with Crippen molar-refractivity contribution in [1.29, 1.82) is 0 Å². The van der Waals surface area contributed by atoms with Gasteiger partial charge in [-0.2, -0.15) is 4.98 Å². The van der Waals surface area contributed by atoms with Crippen LogP contribution >= 0.6 is 11.6 Å². The second-order valence-corrected chi connectivity index (χ2v) is 4.78.